The molecule has 0 aliphatic rings. The van der Waals surface area contributed by atoms with Gasteiger partial charge in [-0.3, -0.25) is 0 Å². The van der Waals surface area contributed by atoms with Gasteiger partial charge in [0.25, 0.3) is 0 Å². The zero-order valence-electron chi connectivity index (χ0n) is 11.7. The summed E-state index contributed by atoms with van der Waals surface area (Å²) in [6.07, 6.45) is 6.28. The SMILES string of the molecule is C[Si](C)(/C=C/C=C/c1ccc(C#N)cc1)c1cccs1. The van der Waals surface area contributed by atoms with Crippen molar-refractivity contribution in [1.29, 1.82) is 5.26 Å². The van der Waals surface area contributed by atoms with Gasteiger partial charge in [-0.2, -0.15) is 16.6 Å². The Morgan fingerprint density at radius 3 is 2.45 bits per heavy atom. The van der Waals surface area contributed by atoms with E-state index in [1.165, 1.54) is 4.50 Å². The van der Waals surface area contributed by atoms with Gasteiger partial charge in [-0.15, -0.1) is 0 Å². The number of benzene rings is 1. The van der Waals surface area contributed by atoms with Crippen LogP contribution in [-0.4, -0.2) is 8.07 Å². The maximum atomic E-state index is 8.75. The van der Waals surface area contributed by atoms with Crippen molar-refractivity contribution >= 4 is 30.0 Å². The summed E-state index contributed by atoms with van der Waals surface area (Å²) in [6.45, 7) is 4.70. The normalized spacial score (nSPS) is 12.1. The van der Waals surface area contributed by atoms with Crippen LogP contribution in [0.1, 0.15) is 11.1 Å². The monoisotopic (exact) mass is 295 g/mol. The third kappa shape index (κ3) is 3.80. The molecule has 0 unspecified atom stereocenters. The number of nitrogens with zero attached hydrogens (tertiary/aromatic N) is 1. The molecule has 0 spiro atoms. The summed E-state index contributed by atoms with van der Waals surface area (Å²) >= 11 is 1.84. The molecule has 1 heterocycles. The summed E-state index contributed by atoms with van der Waals surface area (Å²) in [7, 11) is -1.44. The second-order valence-electron chi connectivity index (χ2n) is 5.15. The van der Waals surface area contributed by atoms with E-state index in [9.17, 15) is 0 Å². The summed E-state index contributed by atoms with van der Waals surface area (Å²) in [5.41, 5.74) is 4.16. The van der Waals surface area contributed by atoms with Crippen LogP contribution in [0, 0.1) is 11.3 Å². The average Bonchev–Trinajstić information content (AvgIpc) is 2.99. The Bertz CT molecular complexity index is 643. The van der Waals surface area contributed by atoms with Gasteiger partial charge in [0.2, 0.25) is 0 Å². The van der Waals surface area contributed by atoms with Gasteiger partial charge < -0.3 is 0 Å². The molecule has 2 rings (SSSR count). The molecule has 100 valence electrons. The lowest BCUT2D eigenvalue weighted by molar-refractivity contribution is 1.48. The van der Waals surface area contributed by atoms with Crippen molar-refractivity contribution in [3.8, 4) is 6.07 Å². The maximum absolute atomic E-state index is 8.75. The highest BCUT2D eigenvalue weighted by molar-refractivity contribution is 7.26. The van der Waals surface area contributed by atoms with Gasteiger partial charge in [0, 0.05) is 0 Å². The van der Waals surface area contributed by atoms with E-state index in [0.717, 1.165) is 5.56 Å². The van der Waals surface area contributed by atoms with E-state index in [2.05, 4.69) is 60.6 Å². The first kappa shape index (κ1) is 14.5. The lowest BCUT2D eigenvalue weighted by Crippen LogP contribution is -2.36. The fourth-order valence-electron chi connectivity index (χ4n) is 1.86. The predicted octanol–water partition coefficient (Wildman–Crippen LogP) is 4.34. The highest BCUT2D eigenvalue weighted by atomic mass is 32.1. The summed E-state index contributed by atoms with van der Waals surface area (Å²) in [5.74, 6) is 0. The Kier molecular flexibility index (Phi) is 4.73. The Balaban J connectivity index is 2.02. The lowest BCUT2D eigenvalue weighted by atomic mass is 10.1. The first-order chi connectivity index (χ1) is 9.62. The molecule has 0 radical (unpaired) electrons. The second kappa shape index (κ2) is 6.51. The highest BCUT2D eigenvalue weighted by Gasteiger charge is 2.20. The molecule has 0 saturated carbocycles. The molecule has 0 aliphatic carbocycles. The molecule has 0 atom stereocenters. The molecule has 0 bridgehead atoms. The van der Waals surface area contributed by atoms with E-state index < -0.39 is 8.07 Å². The molecule has 3 heteroatoms. The number of rotatable bonds is 4. The van der Waals surface area contributed by atoms with Crippen LogP contribution in [-0.2, 0) is 0 Å². The molecular weight excluding hydrogens is 278 g/mol. The number of thiophene rings is 1. The van der Waals surface area contributed by atoms with Crippen molar-refractivity contribution in [3.63, 3.8) is 0 Å². The zero-order chi connectivity index (χ0) is 14.4. The minimum Gasteiger partial charge on any atom is -0.192 e. The van der Waals surface area contributed by atoms with Crippen LogP contribution in [0.25, 0.3) is 6.08 Å². The summed E-state index contributed by atoms with van der Waals surface area (Å²) in [4.78, 5) is 0. The fraction of sp³-hybridized carbons (Fsp3) is 0.118. The van der Waals surface area contributed by atoms with Gasteiger partial charge >= 0.3 is 0 Å². The second-order valence-corrected chi connectivity index (χ2v) is 10.8. The van der Waals surface area contributed by atoms with Crippen LogP contribution in [0.2, 0.25) is 13.1 Å². The Hall–Kier alpha value is -1.89. The van der Waals surface area contributed by atoms with Crippen LogP contribution >= 0.6 is 11.3 Å². The number of allylic oxidation sites excluding steroid dienone is 2. The van der Waals surface area contributed by atoms with Crippen LogP contribution in [0.4, 0.5) is 0 Å². The summed E-state index contributed by atoms with van der Waals surface area (Å²) in [6, 6.07) is 14.1. The zero-order valence-corrected chi connectivity index (χ0v) is 13.5. The van der Waals surface area contributed by atoms with E-state index in [1.54, 1.807) is 0 Å². The van der Waals surface area contributed by atoms with Gasteiger partial charge in [0.15, 0.2) is 0 Å². The van der Waals surface area contributed by atoms with Crippen molar-refractivity contribution in [1.82, 2.24) is 0 Å². The van der Waals surface area contributed by atoms with Gasteiger partial charge in [-0.05, 0) is 27.6 Å². The van der Waals surface area contributed by atoms with Crippen molar-refractivity contribution in [2.45, 2.75) is 13.1 Å². The van der Waals surface area contributed by atoms with Crippen molar-refractivity contribution in [2.75, 3.05) is 0 Å². The average molecular weight is 295 g/mol. The summed E-state index contributed by atoms with van der Waals surface area (Å²) < 4.78 is 1.50. The van der Waals surface area contributed by atoms with E-state index in [1.807, 2.05) is 35.6 Å². The predicted molar refractivity (Wildman–Crippen MR) is 90.8 cm³/mol. The lowest BCUT2D eigenvalue weighted by Gasteiger charge is -2.14. The Morgan fingerprint density at radius 1 is 1.10 bits per heavy atom. The van der Waals surface area contributed by atoms with Crippen molar-refractivity contribution < 1.29 is 0 Å². The number of hydrogen-bond acceptors (Lipinski definition) is 2. The third-order valence-electron chi connectivity index (χ3n) is 3.11. The molecule has 0 fully saturated rings. The molecule has 0 N–H and O–H groups in total. The van der Waals surface area contributed by atoms with E-state index in [-0.39, 0.29) is 0 Å². The molecule has 1 nitrogen and oxygen atoms in total. The topological polar surface area (TPSA) is 23.8 Å². The summed E-state index contributed by atoms with van der Waals surface area (Å²) in [5, 5.41) is 10.9. The van der Waals surface area contributed by atoms with Crippen LogP contribution < -0.4 is 4.50 Å². The van der Waals surface area contributed by atoms with Gasteiger partial charge in [0.05, 0.1) is 11.6 Å². The smallest absolute Gasteiger partial charge is 0.117 e. The molecular formula is C17H17NSSi. The van der Waals surface area contributed by atoms with Crippen molar-refractivity contribution in [3.05, 3.63) is 70.8 Å². The van der Waals surface area contributed by atoms with Crippen molar-refractivity contribution in [2.24, 2.45) is 0 Å². The number of nitriles is 1. The van der Waals surface area contributed by atoms with Gasteiger partial charge in [-0.25, -0.2) is 0 Å². The third-order valence-corrected chi connectivity index (χ3v) is 8.19. The first-order valence-electron chi connectivity index (χ1n) is 6.52. The van der Waals surface area contributed by atoms with E-state index in [4.69, 9.17) is 5.26 Å². The molecule has 20 heavy (non-hydrogen) atoms. The quantitative estimate of drug-likeness (QED) is 0.608. The van der Waals surface area contributed by atoms with Crippen LogP contribution in [0.5, 0.6) is 0 Å². The number of hydrogen-bond donors (Lipinski definition) is 0. The fourth-order valence-corrected chi connectivity index (χ4v) is 5.23. The van der Waals surface area contributed by atoms with E-state index in [0.29, 0.717) is 5.56 Å². The molecule has 1 aromatic carbocycles. The Labute approximate surface area is 125 Å². The Morgan fingerprint density at radius 2 is 1.85 bits per heavy atom. The van der Waals surface area contributed by atoms with Gasteiger partial charge in [-0.1, -0.05) is 61.3 Å². The minimum absolute atomic E-state index is 0.698. The standard InChI is InChI=1S/C17H17NSSi/c1-20(2,17-7-5-12-19-17)13-4-3-6-15-8-10-16(14-18)11-9-15/h3-13H,1-2H3/b6-3+,13-4+. The molecule has 1 aromatic heterocycles. The maximum Gasteiger partial charge on any atom is 0.117 e. The van der Waals surface area contributed by atoms with E-state index >= 15 is 0 Å². The molecule has 0 saturated heterocycles. The minimum atomic E-state index is -1.44. The molecule has 0 amide bonds. The molecule has 0 aliphatic heterocycles. The highest BCUT2D eigenvalue weighted by Crippen LogP contribution is 2.10. The first-order valence-corrected chi connectivity index (χ1v) is 10.5. The largest absolute Gasteiger partial charge is 0.192 e. The van der Waals surface area contributed by atoms with Crippen LogP contribution in [0.15, 0.2) is 59.6 Å². The van der Waals surface area contributed by atoms with Crippen LogP contribution in [0.3, 0.4) is 0 Å². The van der Waals surface area contributed by atoms with Gasteiger partial charge in [0.1, 0.15) is 8.07 Å². The molecule has 2 aromatic rings.